The number of amides is 2. The Morgan fingerprint density at radius 2 is 1.83 bits per heavy atom. The number of hydrogen-bond donors (Lipinski definition) is 2. The third kappa shape index (κ3) is 4.11. The highest BCUT2D eigenvalue weighted by atomic mass is 35.5. The molecule has 3 aromatic rings. The van der Waals surface area contributed by atoms with Crippen molar-refractivity contribution in [2.45, 2.75) is 42.7 Å². The standard InChI is InChI=1S/C23H22ClN3O7S/c24-14-1-2-17-16(5-14)26-22(34-17)12-6-23(7-12)8-15(9-23)25-21(29)18-3-4-19(33-18)35(30,31)27-20(28)13-10-32-11-13/h1-5,12-13,15H,6-11H2,(H,25,29)(H,27,28). The molecular weight excluding hydrogens is 498 g/mol. The highest BCUT2D eigenvalue weighted by molar-refractivity contribution is 7.89. The van der Waals surface area contributed by atoms with E-state index in [0.29, 0.717) is 5.02 Å². The van der Waals surface area contributed by atoms with Gasteiger partial charge in [0, 0.05) is 17.0 Å². The van der Waals surface area contributed by atoms with Crippen LogP contribution in [0.25, 0.3) is 11.1 Å². The Labute approximate surface area is 205 Å². The number of hydrogen-bond acceptors (Lipinski definition) is 8. The molecule has 35 heavy (non-hydrogen) atoms. The van der Waals surface area contributed by atoms with Gasteiger partial charge >= 0.3 is 0 Å². The molecule has 2 N–H and O–H groups in total. The molecule has 1 aromatic carbocycles. The molecule has 0 unspecified atom stereocenters. The van der Waals surface area contributed by atoms with Crippen molar-refractivity contribution in [3.8, 4) is 0 Å². The van der Waals surface area contributed by atoms with Crippen LogP contribution in [0.2, 0.25) is 5.02 Å². The van der Waals surface area contributed by atoms with Crippen molar-refractivity contribution >= 4 is 44.5 Å². The Kier molecular flexibility index (Phi) is 5.20. The van der Waals surface area contributed by atoms with Crippen LogP contribution in [0.4, 0.5) is 0 Å². The van der Waals surface area contributed by atoms with Crippen molar-refractivity contribution in [2.24, 2.45) is 11.3 Å². The number of fused-ring (bicyclic) bond motifs is 1. The number of aromatic nitrogens is 1. The number of ether oxygens (including phenoxy) is 1. The zero-order chi connectivity index (χ0) is 24.4. The Morgan fingerprint density at radius 3 is 2.54 bits per heavy atom. The molecule has 3 heterocycles. The maximum absolute atomic E-state index is 12.6. The van der Waals surface area contributed by atoms with Gasteiger partial charge in [-0.3, -0.25) is 9.59 Å². The van der Waals surface area contributed by atoms with E-state index in [4.69, 9.17) is 25.2 Å². The number of carbonyl (C=O) groups excluding carboxylic acids is 2. The fourth-order valence-electron chi connectivity index (χ4n) is 5.17. The van der Waals surface area contributed by atoms with Gasteiger partial charge in [-0.1, -0.05) is 11.6 Å². The lowest BCUT2D eigenvalue weighted by molar-refractivity contribution is -0.136. The molecule has 6 rings (SSSR count). The smallest absolute Gasteiger partial charge is 0.297 e. The highest BCUT2D eigenvalue weighted by Crippen LogP contribution is 2.61. The summed E-state index contributed by atoms with van der Waals surface area (Å²) >= 11 is 6.02. The number of nitrogens with zero attached hydrogens (tertiary/aromatic N) is 1. The lowest BCUT2D eigenvalue weighted by Crippen LogP contribution is -2.55. The predicted octanol–water partition coefficient (Wildman–Crippen LogP) is 2.98. The summed E-state index contributed by atoms with van der Waals surface area (Å²) in [6.45, 7) is 0.362. The fourth-order valence-corrected chi connectivity index (χ4v) is 6.32. The fraction of sp³-hybridized carbons (Fsp3) is 0.435. The van der Waals surface area contributed by atoms with Gasteiger partial charge in [0.1, 0.15) is 5.52 Å². The molecule has 2 amide bonds. The Balaban J connectivity index is 1.01. The van der Waals surface area contributed by atoms with Gasteiger partial charge in [-0.05, 0) is 61.4 Å². The van der Waals surface area contributed by atoms with E-state index in [1.165, 1.54) is 6.07 Å². The van der Waals surface area contributed by atoms with Crippen molar-refractivity contribution < 1.29 is 31.6 Å². The van der Waals surface area contributed by atoms with Crippen LogP contribution >= 0.6 is 11.6 Å². The average Bonchev–Trinajstić information content (AvgIpc) is 3.34. The minimum Gasteiger partial charge on any atom is -0.440 e. The minimum absolute atomic E-state index is 0.0191. The van der Waals surface area contributed by atoms with Gasteiger partial charge in [0.15, 0.2) is 17.2 Å². The monoisotopic (exact) mass is 519 g/mol. The molecular formula is C23H22ClN3O7S. The van der Waals surface area contributed by atoms with Gasteiger partial charge in [-0.15, -0.1) is 0 Å². The summed E-state index contributed by atoms with van der Waals surface area (Å²) in [6.07, 6.45) is 3.53. The van der Waals surface area contributed by atoms with E-state index in [2.05, 4.69) is 10.3 Å². The van der Waals surface area contributed by atoms with Crippen molar-refractivity contribution in [2.75, 3.05) is 13.2 Å². The van der Waals surface area contributed by atoms with Gasteiger partial charge in [0.2, 0.25) is 11.0 Å². The van der Waals surface area contributed by atoms with E-state index in [1.807, 2.05) is 10.8 Å². The van der Waals surface area contributed by atoms with Crippen molar-refractivity contribution in [3.05, 3.63) is 47.0 Å². The maximum atomic E-state index is 12.6. The minimum atomic E-state index is -4.20. The lowest BCUT2D eigenvalue weighted by atomic mass is 9.50. The molecule has 0 atom stereocenters. The molecule has 3 aliphatic rings. The molecule has 1 spiro atoms. The van der Waals surface area contributed by atoms with Gasteiger partial charge in [-0.25, -0.2) is 9.71 Å². The number of carbonyl (C=O) groups is 2. The molecule has 12 heteroatoms. The molecule has 2 saturated carbocycles. The molecule has 1 aliphatic heterocycles. The highest BCUT2D eigenvalue weighted by Gasteiger charge is 2.54. The summed E-state index contributed by atoms with van der Waals surface area (Å²) in [6, 6.07) is 7.81. The summed E-state index contributed by atoms with van der Waals surface area (Å²) < 4.78 is 42.7. The van der Waals surface area contributed by atoms with Crippen LogP contribution in [0.5, 0.6) is 0 Å². The Bertz CT molecular complexity index is 1430. The van der Waals surface area contributed by atoms with E-state index < -0.39 is 32.8 Å². The van der Waals surface area contributed by atoms with E-state index in [1.54, 1.807) is 12.1 Å². The van der Waals surface area contributed by atoms with Crippen LogP contribution in [-0.4, -0.2) is 44.5 Å². The van der Waals surface area contributed by atoms with Crippen molar-refractivity contribution in [3.63, 3.8) is 0 Å². The summed E-state index contributed by atoms with van der Waals surface area (Å²) in [5, 5.41) is 3.03. The van der Waals surface area contributed by atoms with Crippen LogP contribution in [0.15, 0.2) is 44.3 Å². The lowest BCUT2D eigenvalue weighted by Gasteiger charge is -2.57. The SMILES string of the molecule is O=C(NC1CC2(C1)CC(c1nc3cc(Cl)ccc3o1)C2)c1ccc(S(=O)(=O)NC(=O)C2COC2)o1. The quantitative estimate of drug-likeness (QED) is 0.506. The summed E-state index contributed by atoms with van der Waals surface area (Å²) in [5.41, 5.74) is 1.64. The molecule has 2 aliphatic carbocycles. The molecule has 1 saturated heterocycles. The Hall–Kier alpha value is -2.89. The van der Waals surface area contributed by atoms with Gasteiger partial charge < -0.3 is 18.9 Å². The van der Waals surface area contributed by atoms with Crippen LogP contribution < -0.4 is 10.0 Å². The summed E-state index contributed by atoms with van der Waals surface area (Å²) in [4.78, 5) is 29.0. The van der Waals surface area contributed by atoms with Crippen LogP contribution in [0.1, 0.15) is 48.0 Å². The second-order valence-corrected chi connectivity index (χ2v) is 11.7. The number of oxazole rings is 1. The predicted molar refractivity (Wildman–Crippen MR) is 122 cm³/mol. The maximum Gasteiger partial charge on any atom is 0.297 e. The topological polar surface area (TPSA) is 141 Å². The zero-order valence-corrected chi connectivity index (χ0v) is 20.0. The first-order valence-corrected chi connectivity index (χ1v) is 13.2. The number of benzene rings is 1. The van der Waals surface area contributed by atoms with E-state index in [9.17, 15) is 18.0 Å². The van der Waals surface area contributed by atoms with Gasteiger partial charge in [0.05, 0.1) is 19.1 Å². The number of rotatable bonds is 6. The molecule has 3 fully saturated rings. The average molecular weight is 520 g/mol. The first-order chi connectivity index (χ1) is 16.7. The normalized spacial score (nSPS) is 26.1. The first kappa shape index (κ1) is 22.6. The largest absolute Gasteiger partial charge is 0.440 e. The molecule has 184 valence electrons. The molecule has 2 aromatic heterocycles. The third-order valence-electron chi connectivity index (χ3n) is 7.08. The van der Waals surface area contributed by atoms with Gasteiger partial charge in [0.25, 0.3) is 15.9 Å². The number of halogens is 1. The zero-order valence-electron chi connectivity index (χ0n) is 18.5. The number of furan rings is 1. The Morgan fingerprint density at radius 1 is 1.06 bits per heavy atom. The van der Waals surface area contributed by atoms with Crippen LogP contribution in [-0.2, 0) is 19.6 Å². The van der Waals surface area contributed by atoms with E-state index in [-0.39, 0.29) is 36.3 Å². The van der Waals surface area contributed by atoms with Crippen molar-refractivity contribution in [1.29, 1.82) is 0 Å². The number of nitrogens with one attached hydrogen (secondary N) is 2. The van der Waals surface area contributed by atoms with Crippen molar-refractivity contribution in [1.82, 2.24) is 15.0 Å². The number of sulfonamides is 1. The van der Waals surface area contributed by atoms with E-state index in [0.717, 1.165) is 48.7 Å². The van der Waals surface area contributed by atoms with Crippen LogP contribution in [0.3, 0.4) is 0 Å². The summed E-state index contributed by atoms with van der Waals surface area (Å²) in [5.74, 6) is -0.794. The second kappa shape index (κ2) is 8.07. The van der Waals surface area contributed by atoms with Crippen LogP contribution in [0, 0.1) is 11.3 Å². The first-order valence-electron chi connectivity index (χ1n) is 11.3. The second-order valence-electron chi connectivity index (χ2n) is 9.67. The summed E-state index contributed by atoms with van der Waals surface area (Å²) in [7, 11) is -4.20. The van der Waals surface area contributed by atoms with Gasteiger partial charge in [-0.2, -0.15) is 8.42 Å². The molecule has 0 bridgehead atoms. The molecule has 10 nitrogen and oxygen atoms in total. The third-order valence-corrected chi connectivity index (χ3v) is 8.54. The van der Waals surface area contributed by atoms with E-state index >= 15 is 0 Å². The molecule has 0 radical (unpaired) electrons.